The summed E-state index contributed by atoms with van der Waals surface area (Å²) in [6.07, 6.45) is 0.804. The first-order valence-electron chi connectivity index (χ1n) is 5.35. The van der Waals surface area contributed by atoms with Crippen molar-refractivity contribution in [1.29, 1.82) is 0 Å². The highest BCUT2D eigenvalue weighted by Crippen LogP contribution is 2.27. The number of anilines is 1. The number of halogens is 2. The molecular weight excluding hydrogens is 298 g/mol. The molecule has 2 N–H and O–H groups in total. The Labute approximate surface area is 115 Å². The van der Waals surface area contributed by atoms with Gasteiger partial charge in [0.1, 0.15) is 0 Å². The quantitative estimate of drug-likeness (QED) is 0.807. The lowest BCUT2D eigenvalue weighted by Crippen LogP contribution is -1.95. The molecule has 3 heteroatoms. The molecule has 0 saturated carbocycles. The maximum atomic E-state index is 6.21. The highest BCUT2D eigenvalue weighted by molar-refractivity contribution is 9.10. The molecule has 0 fully saturated rings. The summed E-state index contributed by atoms with van der Waals surface area (Å²) in [5.74, 6) is 0. The summed E-state index contributed by atoms with van der Waals surface area (Å²) in [6, 6.07) is 12.2. The van der Waals surface area contributed by atoms with Gasteiger partial charge in [-0.25, -0.2) is 0 Å². The van der Waals surface area contributed by atoms with Crippen molar-refractivity contribution in [1.82, 2.24) is 0 Å². The highest BCUT2D eigenvalue weighted by Gasteiger charge is 2.06. The van der Waals surface area contributed by atoms with Crippen LogP contribution in [0, 0.1) is 6.92 Å². The van der Waals surface area contributed by atoms with Gasteiger partial charge >= 0.3 is 0 Å². The standard InChI is InChI=1S/C14H13BrClN/c1-9-6-11(14(16)13(17)7-9)8-10-2-4-12(15)5-3-10/h2-7H,8,17H2,1H3. The molecule has 0 unspecified atom stereocenters. The van der Waals surface area contributed by atoms with Crippen molar-refractivity contribution in [3.05, 3.63) is 62.6 Å². The highest BCUT2D eigenvalue weighted by atomic mass is 79.9. The molecule has 0 spiro atoms. The second kappa shape index (κ2) is 5.11. The summed E-state index contributed by atoms with van der Waals surface area (Å²) < 4.78 is 1.08. The number of benzene rings is 2. The van der Waals surface area contributed by atoms with Crippen LogP contribution in [0.15, 0.2) is 40.9 Å². The minimum atomic E-state index is 0.652. The van der Waals surface area contributed by atoms with Crippen molar-refractivity contribution in [3.63, 3.8) is 0 Å². The van der Waals surface area contributed by atoms with Gasteiger partial charge in [-0.3, -0.25) is 0 Å². The molecule has 0 amide bonds. The van der Waals surface area contributed by atoms with Crippen LogP contribution < -0.4 is 5.73 Å². The van der Waals surface area contributed by atoms with Gasteiger partial charge in [0.2, 0.25) is 0 Å². The molecule has 0 heterocycles. The van der Waals surface area contributed by atoms with Crippen LogP contribution in [0.25, 0.3) is 0 Å². The Morgan fingerprint density at radius 1 is 1.18 bits per heavy atom. The van der Waals surface area contributed by atoms with E-state index in [1.165, 1.54) is 5.56 Å². The van der Waals surface area contributed by atoms with Gasteiger partial charge in [-0.05, 0) is 48.2 Å². The zero-order valence-corrected chi connectivity index (χ0v) is 11.8. The number of hydrogen-bond donors (Lipinski definition) is 1. The van der Waals surface area contributed by atoms with Crippen LogP contribution in [0.1, 0.15) is 16.7 Å². The monoisotopic (exact) mass is 309 g/mol. The molecule has 0 atom stereocenters. The summed E-state index contributed by atoms with van der Waals surface area (Å²) in [6.45, 7) is 2.03. The van der Waals surface area contributed by atoms with Gasteiger partial charge in [-0.15, -0.1) is 0 Å². The molecule has 0 aliphatic carbocycles. The first kappa shape index (κ1) is 12.5. The van der Waals surface area contributed by atoms with Crippen molar-refractivity contribution < 1.29 is 0 Å². The fourth-order valence-corrected chi connectivity index (χ4v) is 2.26. The predicted molar refractivity (Wildman–Crippen MR) is 77.5 cm³/mol. The lowest BCUT2D eigenvalue weighted by Gasteiger charge is -2.09. The van der Waals surface area contributed by atoms with Gasteiger partial charge in [0, 0.05) is 4.47 Å². The molecule has 0 saturated heterocycles. The molecular formula is C14H13BrClN. The minimum Gasteiger partial charge on any atom is -0.398 e. The van der Waals surface area contributed by atoms with Crippen molar-refractivity contribution >= 4 is 33.2 Å². The molecule has 17 heavy (non-hydrogen) atoms. The van der Waals surface area contributed by atoms with Crippen molar-refractivity contribution in [2.24, 2.45) is 0 Å². The Balaban J connectivity index is 2.32. The van der Waals surface area contributed by atoms with E-state index < -0.39 is 0 Å². The fourth-order valence-electron chi connectivity index (χ4n) is 1.82. The van der Waals surface area contributed by atoms with Crippen LogP contribution in [0.5, 0.6) is 0 Å². The van der Waals surface area contributed by atoms with E-state index >= 15 is 0 Å². The molecule has 2 aromatic rings. The van der Waals surface area contributed by atoms with Crippen molar-refractivity contribution in [2.45, 2.75) is 13.3 Å². The Morgan fingerprint density at radius 3 is 2.47 bits per heavy atom. The average Bonchev–Trinajstić information content (AvgIpc) is 2.28. The zero-order valence-electron chi connectivity index (χ0n) is 9.50. The van der Waals surface area contributed by atoms with Gasteiger partial charge in [0.15, 0.2) is 0 Å². The minimum absolute atomic E-state index is 0.652. The third-order valence-corrected chi connectivity index (χ3v) is 3.62. The molecule has 0 aliphatic rings. The summed E-state index contributed by atoms with van der Waals surface area (Å²) in [5.41, 5.74) is 9.95. The number of nitrogen functional groups attached to an aromatic ring is 1. The first-order valence-corrected chi connectivity index (χ1v) is 6.52. The third-order valence-electron chi connectivity index (χ3n) is 2.63. The number of rotatable bonds is 2. The Kier molecular flexibility index (Phi) is 3.75. The normalized spacial score (nSPS) is 10.5. The average molecular weight is 311 g/mol. The van der Waals surface area contributed by atoms with E-state index in [2.05, 4.69) is 34.1 Å². The van der Waals surface area contributed by atoms with Crippen LogP contribution in [0.4, 0.5) is 5.69 Å². The van der Waals surface area contributed by atoms with Gasteiger partial charge in [0.25, 0.3) is 0 Å². The molecule has 88 valence electrons. The number of hydrogen-bond acceptors (Lipinski definition) is 1. The first-order chi connectivity index (χ1) is 8.06. The summed E-state index contributed by atoms with van der Waals surface area (Å²) in [4.78, 5) is 0. The van der Waals surface area contributed by atoms with E-state index in [-0.39, 0.29) is 0 Å². The number of aryl methyl sites for hydroxylation is 1. The van der Waals surface area contributed by atoms with Crippen LogP contribution >= 0.6 is 27.5 Å². The Morgan fingerprint density at radius 2 is 1.82 bits per heavy atom. The van der Waals surface area contributed by atoms with Crippen LogP contribution in [0.3, 0.4) is 0 Å². The smallest absolute Gasteiger partial charge is 0.0670 e. The lowest BCUT2D eigenvalue weighted by molar-refractivity contribution is 1.18. The van der Waals surface area contributed by atoms with E-state index in [4.69, 9.17) is 17.3 Å². The molecule has 1 nitrogen and oxygen atoms in total. The zero-order chi connectivity index (χ0) is 12.4. The van der Waals surface area contributed by atoms with Gasteiger partial charge in [0.05, 0.1) is 10.7 Å². The Bertz CT molecular complexity index is 535. The maximum Gasteiger partial charge on any atom is 0.0670 e. The van der Waals surface area contributed by atoms with E-state index in [1.807, 2.05) is 25.1 Å². The molecule has 0 aliphatic heterocycles. The van der Waals surface area contributed by atoms with E-state index in [9.17, 15) is 0 Å². The van der Waals surface area contributed by atoms with Crippen LogP contribution in [0.2, 0.25) is 5.02 Å². The predicted octanol–water partition coefficient (Wildman–Crippen LogP) is 4.58. The molecule has 2 rings (SSSR count). The van der Waals surface area contributed by atoms with Gasteiger partial charge in [-0.1, -0.05) is 45.7 Å². The Hall–Kier alpha value is -0.990. The maximum absolute atomic E-state index is 6.21. The second-order valence-corrected chi connectivity index (χ2v) is 5.42. The summed E-state index contributed by atoms with van der Waals surface area (Å²) >= 11 is 9.63. The van der Waals surface area contributed by atoms with Gasteiger partial charge < -0.3 is 5.73 Å². The van der Waals surface area contributed by atoms with E-state index in [1.54, 1.807) is 0 Å². The SMILES string of the molecule is Cc1cc(N)c(Cl)c(Cc2ccc(Br)cc2)c1. The largest absolute Gasteiger partial charge is 0.398 e. The third kappa shape index (κ3) is 3.02. The van der Waals surface area contributed by atoms with Crippen molar-refractivity contribution in [2.75, 3.05) is 5.73 Å². The molecule has 2 aromatic carbocycles. The van der Waals surface area contributed by atoms with E-state index in [0.717, 1.165) is 22.0 Å². The van der Waals surface area contributed by atoms with Gasteiger partial charge in [-0.2, -0.15) is 0 Å². The topological polar surface area (TPSA) is 26.0 Å². The lowest BCUT2D eigenvalue weighted by atomic mass is 10.0. The molecule has 0 bridgehead atoms. The van der Waals surface area contributed by atoms with E-state index in [0.29, 0.717) is 10.7 Å². The summed E-state index contributed by atoms with van der Waals surface area (Å²) in [7, 11) is 0. The second-order valence-electron chi connectivity index (χ2n) is 4.13. The molecule has 0 radical (unpaired) electrons. The summed E-state index contributed by atoms with van der Waals surface area (Å²) in [5, 5.41) is 0.665. The van der Waals surface area contributed by atoms with Crippen LogP contribution in [-0.2, 0) is 6.42 Å². The fraction of sp³-hybridized carbons (Fsp3) is 0.143. The van der Waals surface area contributed by atoms with Crippen LogP contribution in [-0.4, -0.2) is 0 Å². The number of nitrogens with two attached hydrogens (primary N) is 1. The van der Waals surface area contributed by atoms with Crippen molar-refractivity contribution in [3.8, 4) is 0 Å². The molecule has 0 aromatic heterocycles.